The maximum atomic E-state index is 13.2. The van der Waals surface area contributed by atoms with Crippen LogP contribution in [0.2, 0.25) is 0 Å². The maximum absolute atomic E-state index is 13.2. The molecular formula is C49H93N5O9S. The molecule has 0 aliphatic heterocycles. The smallest absolute Gasteiger partial charge is 0.309 e. The van der Waals surface area contributed by atoms with Crippen molar-refractivity contribution < 1.29 is 43.3 Å². The molecule has 8 N–H and O–H groups in total. The molecule has 0 rings (SSSR count). The molecule has 14 nitrogen and oxygen atoms in total. The van der Waals surface area contributed by atoms with Crippen LogP contribution < -0.4 is 27.4 Å². The number of unbranched alkanes of at least 4 members (excludes halogenated alkanes) is 22. The Morgan fingerprint density at radius 1 is 0.594 bits per heavy atom. The second-order valence-corrected chi connectivity index (χ2v) is 18.9. The second kappa shape index (κ2) is 42.7. The highest BCUT2D eigenvalue weighted by atomic mass is 32.2. The molecule has 0 aliphatic rings. The third-order valence-corrected chi connectivity index (χ3v) is 12.8. The van der Waals surface area contributed by atoms with E-state index in [1.807, 2.05) is 13.8 Å². The van der Waals surface area contributed by atoms with Crippen LogP contribution in [-0.4, -0.2) is 96.7 Å². The molecule has 0 saturated carbocycles. The van der Waals surface area contributed by atoms with Gasteiger partial charge in [0.05, 0.1) is 31.0 Å². The Bertz CT molecular complexity index is 1230. The van der Waals surface area contributed by atoms with Crippen LogP contribution in [0.25, 0.3) is 0 Å². The van der Waals surface area contributed by atoms with Gasteiger partial charge in [0.25, 0.3) is 0 Å². The lowest BCUT2D eigenvalue weighted by atomic mass is 10.0. The first-order valence-corrected chi connectivity index (χ1v) is 26.5. The van der Waals surface area contributed by atoms with Gasteiger partial charge in [-0.2, -0.15) is 11.8 Å². The summed E-state index contributed by atoms with van der Waals surface area (Å²) in [7, 11) is 0. The zero-order valence-electron chi connectivity index (χ0n) is 40.7. The van der Waals surface area contributed by atoms with Crippen LogP contribution in [0.15, 0.2) is 0 Å². The molecule has 0 fully saturated rings. The highest BCUT2D eigenvalue weighted by Crippen LogP contribution is 2.19. The van der Waals surface area contributed by atoms with Crippen molar-refractivity contribution in [2.24, 2.45) is 23.3 Å². The molecule has 0 spiro atoms. The molecule has 0 saturated heterocycles. The van der Waals surface area contributed by atoms with E-state index in [4.69, 9.17) is 20.9 Å². The lowest BCUT2D eigenvalue weighted by molar-refractivity contribution is -0.162. The van der Waals surface area contributed by atoms with Crippen LogP contribution in [0.4, 0.5) is 0 Å². The van der Waals surface area contributed by atoms with E-state index in [0.717, 1.165) is 38.5 Å². The number of carbonyl (C=O) groups excluding carboxylic acids is 6. The van der Waals surface area contributed by atoms with Gasteiger partial charge in [-0.25, -0.2) is 0 Å². The molecule has 0 aromatic carbocycles. The van der Waals surface area contributed by atoms with E-state index in [1.54, 1.807) is 0 Å². The summed E-state index contributed by atoms with van der Waals surface area (Å²) in [5.74, 6) is -2.96. The number of nitrogens with two attached hydrogens (primary N) is 2. The Balaban J connectivity index is 4.94. The largest absolute Gasteiger partial charge is 0.461 e. The maximum Gasteiger partial charge on any atom is 0.309 e. The lowest BCUT2D eigenvalue weighted by Crippen LogP contribution is -2.54. The molecule has 0 aromatic heterocycles. The summed E-state index contributed by atoms with van der Waals surface area (Å²) >= 11 is 1.28. The fraction of sp³-hybridized carbons (Fsp3) is 0.878. The summed E-state index contributed by atoms with van der Waals surface area (Å²) in [5, 5.41) is 17.4. The Hall–Kier alpha value is -2.91. The summed E-state index contributed by atoms with van der Waals surface area (Å²) in [5.41, 5.74) is 11.2. The normalized spacial score (nSPS) is 13.6. The van der Waals surface area contributed by atoms with Crippen LogP contribution in [-0.2, 0) is 38.2 Å². The minimum Gasteiger partial charge on any atom is -0.461 e. The predicted octanol–water partition coefficient (Wildman–Crippen LogP) is 7.93. The minimum atomic E-state index is -1.20. The Morgan fingerprint density at radius 3 is 1.55 bits per heavy atom. The predicted molar refractivity (Wildman–Crippen MR) is 259 cm³/mol. The first kappa shape index (κ1) is 61.1. The molecule has 0 aromatic rings. The van der Waals surface area contributed by atoms with Gasteiger partial charge in [-0.15, -0.1) is 0 Å². The topological polar surface area (TPSA) is 229 Å². The van der Waals surface area contributed by atoms with Gasteiger partial charge in [0, 0.05) is 24.5 Å². The van der Waals surface area contributed by atoms with Gasteiger partial charge in [0.15, 0.2) is 0 Å². The zero-order chi connectivity index (χ0) is 47.6. The fourth-order valence-corrected chi connectivity index (χ4v) is 8.22. The molecule has 0 bridgehead atoms. The number of rotatable bonds is 45. The van der Waals surface area contributed by atoms with Crippen LogP contribution in [0.5, 0.6) is 0 Å². The van der Waals surface area contributed by atoms with E-state index < -0.39 is 42.5 Å². The van der Waals surface area contributed by atoms with Gasteiger partial charge in [0.2, 0.25) is 23.6 Å². The fourth-order valence-electron chi connectivity index (χ4n) is 7.25. The average molecular weight is 928 g/mol. The van der Waals surface area contributed by atoms with E-state index in [0.29, 0.717) is 25.7 Å². The van der Waals surface area contributed by atoms with Crippen LogP contribution in [0.1, 0.15) is 207 Å². The van der Waals surface area contributed by atoms with Crippen molar-refractivity contribution in [1.82, 2.24) is 16.0 Å². The number of esters is 2. The summed E-state index contributed by atoms with van der Waals surface area (Å²) in [6.45, 7) is 7.56. The third-order valence-electron chi connectivity index (χ3n) is 11.6. The van der Waals surface area contributed by atoms with Crippen molar-refractivity contribution in [1.29, 1.82) is 0 Å². The Morgan fingerprint density at radius 2 is 1.06 bits per heavy atom. The van der Waals surface area contributed by atoms with E-state index in [9.17, 15) is 33.9 Å². The molecule has 5 unspecified atom stereocenters. The zero-order valence-corrected chi connectivity index (χ0v) is 41.5. The van der Waals surface area contributed by atoms with Crippen molar-refractivity contribution in [2.75, 3.05) is 37.8 Å². The molecule has 64 heavy (non-hydrogen) atoms. The first-order valence-electron chi connectivity index (χ1n) is 25.3. The molecule has 0 radical (unpaired) electrons. The van der Waals surface area contributed by atoms with Gasteiger partial charge in [-0.05, 0) is 25.7 Å². The number of carbonyl (C=O) groups is 6. The third kappa shape index (κ3) is 36.3. The molecule has 5 atom stereocenters. The van der Waals surface area contributed by atoms with Crippen molar-refractivity contribution in [3.05, 3.63) is 0 Å². The second-order valence-electron chi connectivity index (χ2n) is 17.9. The number of hydrogen-bond donors (Lipinski definition) is 6. The van der Waals surface area contributed by atoms with E-state index in [2.05, 4.69) is 29.8 Å². The summed E-state index contributed by atoms with van der Waals surface area (Å²) in [6, 6.07) is -2.23. The molecule has 15 heteroatoms. The lowest BCUT2D eigenvalue weighted by Gasteiger charge is -2.22. The van der Waals surface area contributed by atoms with Gasteiger partial charge in [-0.3, -0.25) is 28.8 Å². The Kier molecular flexibility index (Phi) is 40.8. The molecule has 4 amide bonds. The molecule has 0 aliphatic carbocycles. The molecular weight excluding hydrogens is 835 g/mol. The highest BCUT2D eigenvalue weighted by Gasteiger charge is 2.26. The number of amides is 4. The van der Waals surface area contributed by atoms with E-state index in [1.165, 1.54) is 121 Å². The Labute approximate surface area is 392 Å². The highest BCUT2D eigenvalue weighted by molar-refractivity contribution is 7.99. The number of aliphatic hydroxyl groups excluding tert-OH is 1. The summed E-state index contributed by atoms with van der Waals surface area (Å²) in [4.78, 5) is 74.3. The first-order chi connectivity index (χ1) is 30.9. The van der Waals surface area contributed by atoms with Crippen LogP contribution >= 0.6 is 11.8 Å². The molecule has 0 heterocycles. The van der Waals surface area contributed by atoms with Crippen LogP contribution in [0, 0.1) is 11.8 Å². The van der Waals surface area contributed by atoms with Crippen molar-refractivity contribution >= 4 is 47.3 Å². The number of primary amides is 1. The van der Waals surface area contributed by atoms with Crippen molar-refractivity contribution in [2.45, 2.75) is 226 Å². The van der Waals surface area contributed by atoms with Crippen molar-refractivity contribution in [3.8, 4) is 0 Å². The van der Waals surface area contributed by atoms with Gasteiger partial charge in [0.1, 0.15) is 18.8 Å². The number of aliphatic hydroxyl groups is 1. The number of ether oxygens (including phenoxy) is 2. The standard InChI is InChI=1S/C49H93N5O9S/c1-5-7-9-11-13-15-17-19-21-23-26-30-39(3)48(60)62-36-41(63-49(61)40(4)31-27-24-22-20-18-16-14-12-10-8-6-2)37-64-38-42(50)46(58)54-43(35-55)47(59)52-33-29-25-28-32-45(57)53-34-44(51)56/h39-43,55H,5-38,50H2,1-4H3,(H2,51,56)(H,52,59)(H,53,57)(H,54,58). The number of nitrogens with one attached hydrogen (secondary N) is 3. The van der Waals surface area contributed by atoms with Gasteiger partial charge in [-0.1, -0.05) is 175 Å². The number of thioether (sulfide) groups is 1. The SMILES string of the molecule is CCCCCCCCCCCCCC(C)C(=O)OCC(CSCC(N)C(=O)NC(CO)C(=O)NCCCCCC(=O)NCC(N)=O)OC(=O)C(C)CCCCCCCCCCCCC. The number of hydrogen-bond acceptors (Lipinski definition) is 11. The minimum absolute atomic E-state index is 0.0952. The summed E-state index contributed by atoms with van der Waals surface area (Å²) in [6.07, 6.45) is 29.8. The summed E-state index contributed by atoms with van der Waals surface area (Å²) < 4.78 is 11.6. The van der Waals surface area contributed by atoms with E-state index in [-0.39, 0.29) is 67.3 Å². The quantitative estimate of drug-likeness (QED) is 0.0254. The monoisotopic (exact) mass is 928 g/mol. The van der Waals surface area contributed by atoms with Crippen molar-refractivity contribution in [3.63, 3.8) is 0 Å². The van der Waals surface area contributed by atoms with Crippen LogP contribution in [0.3, 0.4) is 0 Å². The average Bonchev–Trinajstić information content (AvgIpc) is 3.27. The van der Waals surface area contributed by atoms with Gasteiger partial charge < -0.3 is 42.0 Å². The van der Waals surface area contributed by atoms with Gasteiger partial charge >= 0.3 is 11.9 Å². The molecule has 374 valence electrons. The van der Waals surface area contributed by atoms with E-state index >= 15 is 0 Å².